The van der Waals surface area contributed by atoms with Crippen LogP contribution < -0.4 is 0 Å². The summed E-state index contributed by atoms with van der Waals surface area (Å²) < 4.78 is 1.62. The van der Waals surface area contributed by atoms with Gasteiger partial charge < -0.3 is 0 Å². The third-order valence-corrected chi connectivity index (χ3v) is 3.85. The maximum absolute atomic E-state index is 11.9. The zero-order valence-electron chi connectivity index (χ0n) is 12.6. The van der Waals surface area contributed by atoms with E-state index < -0.39 is 0 Å². The Balaban J connectivity index is 1.81. The van der Waals surface area contributed by atoms with Crippen LogP contribution in [-0.4, -0.2) is 16.6 Å². The molecule has 0 fully saturated rings. The number of azo groups is 2. The molecule has 0 radical (unpaired) electrons. The summed E-state index contributed by atoms with van der Waals surface area (Å²) in [6, 6.07) is 20.3. The van der Waals surface area contributed by atoms with E-state index in [1.54, 1.807) is 11.6 Å². The standard InChI is InChI=1S/C19H19N2O/c1-15(22)21-19(17-10-6-3-7-11-17)14-18(20-21)13-12-16-8-4-2-5-9-16/h2-13,18-19H,14H2,1H3/q+1/b13-12+/t18-,19+/m1/s1. The first kappa shape index (κ1) is 14.4. The van der Waals surface area contributed by atoms with Gasteiger partial charge in [0.25, 0.3) is 0 Å². The van der Waals surface area contributed by atoms with Crippen molar-refractivity contribution in [3.63, 3.8) is 0 Å². The maximum atomic E-state index is 11.9. The summed E-state index contributed by atoms with van der Waals surface area (Å²) in [6.45, 7) is 1.57. The quantitative estimate of drug-likeness (QED) is 0.779. The predicted octanol–water partition coefficient (Wildman–Crippen LogP) is 4.22. The molecule has 1 aliphatic rings. The summed E-state index contributed by atoms with van der Waals surface area (Å²) in [5.41, 5.74) is 2.28. The van der Waals surface area contributed by atoms with Gasteiger partial charge in [-0.05, 0) is 15.4 Å². The number of hydrogen-bond donors (Lipinski definition) is 0. The van der Waals surface area contributed by atoms with Gasteiger partial charge in [-0.25, -0.2) is 4.79 Å². The Morgan fingerprint density at radius 2 is 1.73 bits per heavy atom. The van der Waals surface area contributed by atoms with Crippen molar-refractivity contribution >= 4 is 12.0 Å². The van der Waals surface area contributed by atoms with Crippen molar-refractivity contribution in [1.82, 2.24) is 0 Å². The first-order valence-electron chi connectivity index (χ1n) is 7.53. The summed E-state index contributed by atoms with van der Waals surface area (Å²) in [6.07, 6.45) is 4.97. The van der Waals surface area contributed by atoms with Crippen LogP contribution in [0.1, 0.15) is 30.5 Å². The highest BCUT2D eigenvalue weighted by atomic mass is 16.2. The fourth-order valence-electron chi connectivity index (χ4n) is 2.77. The first-order chi connectivity index (χ1) is 10.7. The lowest BCUT2D eigenvalue weighted by Gasteiger charge is -2.04. The van der Waals surface area contributed by atoms with Crippen molar-refractivity contribution in [3.05, 3.63) is 77.9 Å². The molecule has 1 aliphatic heterocycles. The van der Waals surface area contributed by atoms with Crippen molar-refractivity contribution in [3.8, 4) is 0 Å². The van der Waals surface area contributed by atoms with E-state index >= 15 is 0 Å². The first-order valence-corrected chi connectivity index (χ1v) is 7.53. The normalized spacial score (nSPS) is 21.0. The number of amides is 1. The summed E-state index contributed by atoms with van der Waals surface area (Å²) in [5, 5.41) is 4.56. The molecule has 0 aliphatic carbocycles. The van der Waals surface area contributed by atoms with Crippen molar-refractivity contribution in [1.29, 1.82) is 0 Å². The Kier molecular flexibility index (Phi) is 4.24. The highest BCUT2D eigenvalue weighted by Crippen LogP contribution is 2.30. The average molecular weight is 291 g/mol. The predicted molar refractivity (Wildman–Crippen MR) is 86.4 cm³/mol. The third-order valence-electron chi connectivity index (χ3n) is 3.85. The molecule has 1 heterocycles. The van der Waals surface area contributed by atoms with Gasteiger partial charge in [-0.15, -0.1) is 0 Å². The molecule has 3 nitrogen and oxygen atoms in total. The molecule has 0 spiro atoms. The lowest BCUT2D eigenvalue weighted by atomic mass is 10.0. The number of hydrogen-bond acceptors (Lipinski definition) is 2. The Bertz CT molecular complexity index is 705. The van der Waals surface area contributed by atoms with Crippen LogP contribution >= 0.6 is 0 Å². The van der Waals surface area contributed by atoms with Gasteiger partial charge >= 0.3 is 5.91 Å². The Hall–Kier alpha value is -2.55. The number of benzene rings is 2. The summed E-state index contributed by atoms with van der Waals surface area (Å²) in [5.74, 6) is -0.00976. The van der Waals surface area contributed by atoms with E-state index in [2.05, 4.69) is 41.5 Å². The topological polar surface area (TPSA) is 32.4 Å². The lowest BCUT2D eigenvalue weighted by Crippen LogP contribution is -2.17. The molecule has 0 saturated heterocycles. The number of nitrogens with zero attached hydrogens (tertiary/aromatic N) is 2. The van der Waals surface area contributed by atoms with Crippen LogP contribution in [0.2, 0.25) is 0 Å². The molecule has 1 amide bonds. The van der Waals surface area contributed by atoms with Crippen molar-refractivity contribution in [2.24, 2.45) is 5.11 Å². The van der Waals surface area contributed by atoms with Gasteiger partial charge in [0.2, 0.25) is 6.04 Å². The molecule has 22 heavy (non-hydrogen) atoms. The van der Waals surface area contributed by atoms with E-state index in [9.17, 15) is 4.79 Å². The molecular weight excluding hydrogens is 272 g/mol. The van der Waals surface area contributed by atoms with E-state index in [1.807, 2.05) is 36.4 Å². The number of carbonyl (C=O) groups is 1. The smallest absolute Gasteiger partial charge is 0.217 e. The zero-order chi connectivity index (χ0) is 15.4. The van der Waals surface area contributed by atoms with Crippen LogP contribution in [0.4, 0.5) is 0 Å². The monoisotopic (exact) mass is 291 g/mol. The number of carbonyl (C=O) groups excluding carboxylic acids is 1. The minimum Gasteiger partial charge on any atom is -0.217 e. The van der Waals surface area contributed by atoms with Crippen molar-refractivity contribution < 1.29 is 9.49 Å². The molecule has 3 rings (SSSR count). The van der Waals surface area contributed by atoms with Crippen LogP contribution in [0, 0.1) is 0 Å². The molecule has 110 valence electrons. The van der Waals surface area contributed by atoms with Crippen LogP contribution in [0.25, 0.3) is 6.08 Å². The molecule has 0 unspecified atom stereocenters. The van der Waals surface area contributed by atoms with Gasteiger partial charge in [-0.3, -0.25) is 0 Å². The van der Waals surface area contributed by atoms with E-state index in [0.29, 0.717) is 0 Å². The van der Waals surface area contributed by atoms with Gasteiger partial charge in [0.15, 0.2) is 0 Å². The molecule has 0 N–H and O–H groups in total. The van der Waals surface area contributed by atoms with Crippen LogP contribution in [0.5, 0.6) is 0 Å². The van der Waals surface area contributed by atoms with Gasteiger partial charge in [0, 0.05) is 12.0 Å². The molecule has 2 atom stereocenters. The molecule has 2 aromatic rings. The summed E-state index contributed by atoms with van der Waals surface area (Å²) in [4.78, 5) is 11.9. The number of rotatable bonds is 3. The average Bonchev–Trinajstić information content (AvgIpc) is 2.99. The minimum absolute atomic E-state index is 0.00976. The molecule has 0 aromatic heterocycles. The molecule has 0 bridgehead atoms. The van der Waals surface area contributed by atoms with Crippen molar-refractivity contribution in [2.75, 3.05) is 0 Å². The Morgan fingerprint density at radius 1 is 1.09 bits per heavy atom. The molecule has 2 aromatic carbocycles. The Morgan fingerprint density at radius 3 is 2.36 bits per heavy atom. The molecule has 0 saturated carbocycles. The van der Waals surface area contributed by atoms with Crippen LogP contribution in [0.15, 0.2) is 71.9 Å². The second-order valence-corrected chi connectivity index (χ2v) is 5.48. The largest absolute Gasteiger partial charge is 0.408 e. The van der Waals surface area contributed by atoms with Gasteiger partial charge in [0.05, 0.1) is 6.92 Å². The lowest BCUT2D eigenvalue weighted by molar-refractivity contribution is -0.541. The highest BCUT2D eigenvalue weighted by molar-refractivity contribution is 5.63. The van der Waals surface area contributed by atoms with E-state index in [1.165, 1.54) is 0 Å². The maximum Gasteiger partial charge on any atom is 0.408 e. The second-order valence-electron chi connectivity index (χ2n) is 5.48. The summed E-state index contributed by atoms with van der Waals surface area (Å²) in [7, 11) is 0. The van der Waals surface area contributed by atoms with Crippen molar-refractivity contribution in [2.45, 2.75) is 25.4 Å². The summed E-state index contributed by atoms with van der Waals surface area (Å²) >= 11 is 0. The van der Waals surface area contributed by atoms with Gasteiger partial charge in [-0.1, -0.05) is 72.8 Å². The fourth-order valence-corrected chi connectivity index (χ4v) is 2.77. The van der Waals surface area contributed by atoms with Gasteiger partial charge in [0.1, 0.15) is 6.04 Å². The van der Waals surface area contributed by atoms with Crippen LogP contribution in [0.3, 0.4) is 0 Å². The zero-order valence-corrected chi connectivity index (χ0v) is 12.6. The SMILES string of the molecule is CC(=O)[N+]1=N[C@H](/C=C/c2ccccc2)C[C@H]1c1ccccc1. The molecular formula is C19H19N2O+. The van der Waals surface area contributed by atoms with Gasteiger partial charge in [-0.2, -0.15) is 0 Å². The molecule has 3 heteroatoms. The van der Waals surface area contributed by atoms with E-state index in [-0.39, 0.29) is 18.0 Å². The fraction of sp³-hybridized carbons (Fsp3) is 0.211. The highest BCUT2D eigenvalue weighted by Gasteiger charge is 2.38. The Labute approximate surface area is 130 Å². The second kappa shape index (κ2) is 6.48. The van der Waals surface area contributed by atoms with E-state index in [4.69, 9.17) is 0 Å². The van der Waals surface area contributed by atoms with Crippen LogP contribution in [-0.2, 0) is 4.79 Å². The van der Waals surface area contributed by atoms with E-state index in [0.717, 1.165) is 17.5 Å². The minimum atomic E-state index is -0.00976. The third kappa shape index (κ3) is 3.19.